The molecule has 1 rings (SSSR count). The molecule has 0 aliphatic carbocycles. The number of ether oxygens (including phenoxy) is 1. The molecular formula is C16H28N2O. The number of nitrogens with zero attached hydrogens (tertiary/aromatic N) is 1. The van der Waals surface area contributed by atoms with Crippen LogP contribution in [0.4, 0.5) is 0 Å². The summed E-state index contributed by atoms with van der Waals surface area (Å²) in [6, 6.07) is 8.78. The van der Waals surface area contributed by atoms with Gasteiger partial charge in [-0.25, -0.2) is 0 Å². The summed E-state index contributed by atoms with van der Waals surface area (Å²) < 4.78 is 5.10. The second kappa shape index (κ2) is 7.63. The molecule has 0 aliphatic rings. The van der Waals surface area contributed by atoms with Crippen LogP contribution in [-0.2, 0) is 17.8 Å². The standard InChI is InChI=1S/C16H28N2O/c1-16(2,3)17-12-14-7-6-8-15(11-14)13-18(4)9-10-19-5/h6-8,11,17H,9-10,12-13H2,1-5H3. The van der Waals surface area contributed by atoms with Crippen molar-refractivity contribution in [2.75, 3.05) is 27.3 Å². The molecule has 0 aromatic heterocycles. The van der Waals surface area contributed by atoms with Gasteiger partial charge in [-0.15, -0.1) is 0 Å². The van der Waals surface area contributed by atoms with Crippen molar-refractivity contribution in [3.05, 3.63) is 35.4 Å². The van der Waals surface area contributed by atoms with Crippen molar-refractivity contribution < 1.29 is 4.74 Å². The van der Waals surface area contributed by atoms with E-state index < -0.39 is 0 Å². The quantitative estimate of drug-likeness (QED) is 0.819. The normalized spacial score (nSPS) is 12.1. The van der Waals surface area contributed by atoms with E-state index in [1.807, 2.05) is 0 Å². The Kier molecular flexibility index (Phi) is 6.49. The van der Waals surface area contributed by atoms with E-state index in [-0.39, 0.29) is 5.54 Å². The molecule has 0 spiro atoms. The molecule has 108 valence electrons. The highest BCUT2D eigenvalue weighted by Gasteiger charge is 2.08. The number of benzene rings is 1. The Morgan fingerprint density at radius 2 is 1.89 bits per heavy atom. The lowest BCUT2D eigenvalue weighted by molar-refractivity contribution is 0.158. The molecule has 0 aliphatic heterocycles. The Bertz CT molecular complexity index is 371. The van der Waals surface area contributed by atoms with Crippen LogP contribution >= 0.6 is 0 Å². The zero-order valence-electron chi connectivity index (χ0n) is 13.0. The van der Waals surface area contributed by atoms with E-state index in [0.717, 1.165) is 26.2 Å². The van der Waals surface area contributed by atoms with Gasteiger partial charge in [-0.1, -0.05) is 24.3 Å². The Balaban J connectivity index is 2.52. The van der Waals surface area contributed by atoms with E-state index in [0.29, 0.717) is 0 Å². The smallest absolute Gasteiger partial charge is 0.0589 e. The third kappa shape index (κ3) is 7.31. The maximum atomic E-state index is 5.10. The number of methoxy groups -OCH3 is 1. The van der Waals surface area contributed by atoms with Crippen LogP contribution in [0.3, 0.4) is 0 Å². The molecule has 3 nitrogen and oxygen atoms in total. The molecular weight excluding hydrogens is 236 g/mol. The molecule has 0 unspecified atom stereocenters. The van der Waals surface area contributed by atoms with Crippen molar-refractivity contribution in [2.24, 2.45) is 0 Å². The van der Waals surface area contributed by atoms with Crippen molar-refractivity contribution in [2.45, 2.75) is 39.4 Å². The molecule has 0 saturated carbocycles. The molecule has 0 fully saturated rings. The van der Waals surface area contributed by atoms with Gasteiger partial charge >= 0.3 is 0 Å². The second-order valence-electron chi connectivity index (χ2n) is 6.15. The average Bonchev–Trinajstić information content (AvgIpc) is 2.33. The van der Waals surface area contributed by atoms with Crippen LogP contribution in [0.1, 0.15) is 31.9 Å². The van der Waals surface area contributed by atoms with E-state index in [9.17, 15) is 0 Å². The first-order valence-corrected chi connectivity index (χ1v) is 6.91. The summed E-state index contributed by atoms with van der Waals surface area (Å²) in [4.78, 5) is 2.28. The average molecular weight is 264 g/mol. The zero-order valence-corrected chi connectivity index (χ0v) is 13.0. The summed E-state index contributed by atoms with van der Waals surface area (Å²) in [5, 5.41) is 3.52. The molecule has 0 heterocycles. The molecule has 1 aromatic carbocycles. The summed E-state index contributed by atoms with van der Waals surface area (Å²) in [6.07, 6.45) is 0. The van der Waals surface area contributed by atoms with Crippen molar-refractivity contribution in [3.63, 3.8) is 0 Å². The van der Waals surface area contributed by atoms with Gasteiger partial charge in [-0.2, -0.15) is 0 Å². The summed E-state index contributed by atoms with van der Waals surface area (Å²) in [5.41, 5.74) is 2.85. The monoisotopic (exact) mass is 264 g/mol. The third-order valence-electron chi connectivity index (χ3n) is 2.94. The van der Waals surface area contributed by atoms with E-state index in [1.54, 1.807) is 7.11 Å². The van der Waals surface area contributed by atoms with Crippen LogP contribution < -0.4 is 5.32 Å². The van der Waals surface area contributed by atoms with Crippen LogP contribution in [0, 0.1) is 0 Å². The molecule has 0 atom stereocenters. The molecule has 0 saturated heterocycles. The molecule has 0 amide bonds. The third-order valence-corrected chi connectivity index (χ3v) is 2.94. The van der Waals surface area contributed by atoms with Crippen molar-refractivity contribution in [1.29, 1.82) is 0 Å². The van der Waals surface area contributed by atoms with Gasteiger partial charge < -0.3 is 10.1 Å². The summed E-state index contributed by atoms with van der Waals surface area (Å²) >= 11 is 0. The SMILES string of the molecule is COCCN(C)Cc1cccc(CNC(C)(C)C)c1. The number of hydrogen-bond donors (Lipinski definition) is 1. The first-order chi connectivity index (χ1) is 8.90. The minimum Gasteiger partial charge on any atom is -0.383 e. The van der Waals surface area contributed by atoms with Crippen LogP contribution in [-0.4, -0.2) is 37.7 Å². The number of hydrogen-bond acceptors (Lipinski definition) is 3. The van der Waals surface area contributed by atoms with Crippen molar-refractivity contribution in [1.82, 2.24) is 10.2 Å². The van der Waals surface area contributed by atoms with Crippen molar-refractivity contribution >= 4 is 0 Å². The van der Waals surface area contributed by atoms with Gasteiger partial charge in [0.15, 0.2) is 0 Å². The molecule has 1 aromatic rings. The fraction of sp³-hybridized carbons (Fsp3) is 0.625. The lowest BCUT2D eigenvalue weighted by Gasteiger charge is -2.21. The lowest BCUT2D eigenvalue weighted by atomic mass is 10.1. The minimum absolute atomic E-state index is 0.158. The summed E-state index contributed by atoms with van der Waals surface area (Å²) in [6.45, 7) is 10.2. The van der Waals surface area contributed by atoms with Gasteiger partial charge in [0, 0.05) is 32.3 Å². The Morgan fingerprint density at radius 3 is 2.53 bits per heavy atom. The van der Waals surface area contributed by atoms with E-state index >= 15 is 0 Å². The van der Waals surface area contributed by atoms with Gasteiger partial charge in [0.2, 0.25) is 0 Å². The van der Waals surface area contributed by atoms with Crippen molar-refractivity contribution in [3.8, 4) is 0 Å². The fourth-order valence-electron chi connectivity index (χ4n) is 1.84. The summed E-state index contributed by atoms with van der Waals surface area (Å²) in [7, 11) is 3.87. The Labute approximate surface area is 118 Å². The van der Waals surface area contributed by atoms with Gasteiger partial charge in [0.25, 0.3) is 0 Å². The van der Waals surface area contributed by atoms with Gasteiger partial charge in [-0.3, -0.25) is 4.90 Å². The fourth-order valence-corrected chi connectivity index (χ4v) is 1.84. The minimum atomic E-state index is 0.158. The van der Waals surface area contributed by atoms with E-state index in [4.69, 9.17) is 4.74 Å². The first kappa shape index (κ1) is 16.2. The maximum Gasteiger partial charge on any atom is 0.0589 e. The Hall–Kier alpha value is -0.900. The van der Waals surface area contributed by atoms with Crippen LogP contribution in [0.5, 0.6) is 0 Å². The maximum absolute atomic E-state index is 5.10. The van der Waals surface area contributed by atoms with E-state index in [2.05, 4.69) is 62.3 Å². The molecule has 19 heavy (non-hydrogen) atoms. The van der Waals surface area contributed by atoms with Crippen LogP contribution in [0.15, 0.2) is 24.3 Å². The highest BCUT2D eigenvalue weighted by Crippen LogP contribution is 2.09. The van der Waals surface area contributed by atoms with Gasteiger partial charge in [-0.05, 0) is 38.9 Å². The molecule has 0 bridgehead atoms. The zero-order chi connectivity index (χ0) is 14.3. The topological polar surface area (TPSA) is 24.5 Å². The van der Waals surface area contributed by atoms with Crippen LogP contribution in [0.25, 0.3) is 0 Å². The predicted molar refractivity (Wildman–Crippen MR) is 81.2 cm³/mol. The molecule has 0 radical (unpaired) electrons. The summed E-state index contributed by atoms with van der Waals surface area (Å²) in [5.74, 6) is 0. The molecule has 3 heteroatoms. The lowest BCUT2D eigenvalue weighted by Crippen LogP contribution is -2.35. The predicted octanol–water partition coefficient (Wildman–Crippen LogP) is 2.65. The van der Waals surface area contributed by atoms with Gasteiger partial charge in [0.1, 0.15) is 0 Å². The van der Waals surface area contributed by atoms with Crippen LogP contribution in [0.2, 0.25) is 0 Å². The molecule has 1 N–H and O–H groups in total. The second-order valence-corrected chi connectivity index (χ2v) is 6.15. The first-order valence-electron chi connectivity index (χ1n) is 6.91. The number of nitrogens with one attached hydrogen (secondary N) is 1. The number of likely N-dealkylation sites (N-methyl/N-ethyl adjacent to an activating group) is 1. The van der Waals surface area contributed by atoms with E-state index in [1.165, 1.54) is 11.1 Å². The van der Waals surface area contributed by atoms with Gasteiger partial charge in [0.05, 0.1) is 6.61 Å². The Morgan fingerprint density at radius 1 is 1.21 bits per heavy atom. The highest BCUT2D eigenvalue weighted by atomic mass is 16.5. The highest BCUT2D eigenvalue weighted by molar-refractivity contribution is 5.23. The number of rotatable bonds is 7. The largest absolute Gasteiger partial charge is 0.383 e.